The van der Waals surface area contributed by atoms with Gasteiger partial charge in [-0.05, 0) is 42.3 Å². The van der Waals surface area contributed by atoms with Gasteiger partial charge in [-0.2, -0.15) is 0 Å². The van der Waals surface area contributed by atoms with Crippen molar-refractivity contribution < 1.29 is 8.42 Å². The van der Waals surface area contributed by atoms with Crippen molar-refractivity contribution in [1.82, 2.24) is 3.97 Å². The molecule has 0 saturated heterocycles. The molecule has 0 fully saturated rings. The zero-order valence-electron chi connectivity index (χ0n) is 13.8. The van der Waals surface area contributed by atoms with Crippen molar-refractivity contribution in [3.63, 3.8) is 0 Å². The molecule has 124 valence electrons. The van der Waals surface area contributed by atoms with E-state index in [0.29, 0.717) is 10.4 Å². The van der Waals surface area contributed by atoms with Gasteiger partial charge in [0.15, 0.2) is 0 Å². The molecule has 0 atom stereocenters. The van der Waals surface area contributed by atoms with Gasteiger partial charge in [-0.15, -0.1) is 0 Å². The summed E-state index contributed by atoms with van der Waals surface area (Å²) < 4.78 is 27.4. The van der Waals surface area contributed by atoms with Gasteiger partial charge in [0.05, 0.1) is 10.4 Å². The summed E-state index contributed by atoms with van der Waals surface area (Å²) in [5, 5.41) is 0.898. The van der Waals surface area contributed by atoms with E-state index in [1.807, 2.05) is 73.7 Å². The zero-order chi connectivity index (χ0) is 17.4. The topological polar surface area (TPSA) is 39.1 Å². The van der Waals surface area contributed by atoms with Crippen LogP contribution in [0.15, 0.2) is 90.0 Å². The predicted molar refractivity (Wildman–Crippen MR) is 101 cm³/mol. The minimum Gasteiger partial charge on any atom is -0.241 e. The molecule has 1 heterocycles. The third kappa shape index (κ3) is 2.75. The van der Waals surface area contributed by atoms with E-state index in [-0.39, 0.29) is 0 Å². The molecule has 0 unspecified atom stereocenters. The van der Waals surface area contributed by atoms with Crippen LogP contribution in [-0.2, 0) is 10.0 Å². The predicted octanol–water partition coefficient (Wildman–Crippen LogP) is 4.85. The van der Waals surface area contributed by atoms with Crippen LogP contribution in [0.3, 0.4) is 0 Å². The molecule has 3 aromatic carbocycles. The number of fused-ring (bicyclic) bond motifs is 1. The van der Waals surface area contributed by atoms with Crippen molar-refractivity contribution in [3.05, 3.63) is 90.6 Å². The normalized spacial score (nSPS) is 11.7. The Morgan fingerprint density at radius 1 is 0.760 bits per heavy atom. The van der Waals surface area contributed by atoms with E-state index in [1.165, 1.54) is 3.97 Å². The van der Waals surface area contributed by atoms with Crippen molar-refractivity contribution in [1.29, 1.82) is 0 Å². The molecule has 4 rings (SSSR count). The number of nitrogens with zero attached hydrogens (tertiary/aromatic N) is 1. The average Bonchev–Trinajstić information content (AvgIpc) is 3.07. The number of benzene rings is 3. The van der Waals surface area contributed by atoms with Crippen molar-refractivity contribution in [2.75, 3.05) is 0 Å². The fraction of sp³-hybridized carbons (Fsp3) is 0.0476. The summed E-state index contributed by atoms with van der Waals surface area (Å²) in [6, 6.07) is 24.6. The Morgan fingerprint density at radius 3 is 2.20 bits per heavy atom. The summed E-state index contributed by atoms with van der Waals surface area (Å²) in [6.07, 6.45) is 1.62. The van der Waals surface area contributed by atoms with Gasteiger partial charge in [0.2, 0.25) is 0 Å². The van der Waals surface area contributed by atoms with Crippen molar-refractivity contribution in [2.45, 2.75) is 11.8 Å². The van der Waals surface area contributed by atoms with Crippen LogP contribution in [-0.4, -0.2) is 12.4 Å². The number of aromatic nitrogens is 1. The second-order valence-electron chi connectivity index (χ2n) is 6.07. The van der Waals surface area contributed by atoms with Gasteiger partial charge >= 0.3 is 0 Å². The fourth-order valence-corrected chi connectivity index (χ4v) is 4.29. The summed E-state index contributed by atoms with van der Waals surface area (Å²) in [4.78, 5) is 0.292. The van der Waals surface area contributed by atoms with Crippen LogP contribution in [0, 0.1) is 6.92 Å². The maximum Gasteiger partial charge on any atom is 0.268 e. The quantitative estimate of drug-likeness (QED) is 0.531. The van der Waals surface area contributed by atoms with Gasteiger partial charge in [0, 0.05) is 11.6 Å². The summed E-state index contributed by atoms with van der Waals surface area (Å²) >= 11 is 0. The summed E-state index contributed by atoms with van der Waals surface area (Å²) in [5.74, 6) is 0. The highest BCUT2D eigenvalue weighted by atomic mass is 32.2. The molecule has 0 aliphatic rings. The molecule has 0 radical (unpaired) electrons. The smallest absolute Gasteiger partial charge is 0.241 e. The minimum absolute atomic E-state index is 0.292. The van der Waals surface area contributed by atoms with E-state index >= 15 is 0 Å². The van der Waals surface area contributed by atoms with Gasteiger partial charge in [-0.25, -0.2) is 12.4 Å². The first-order chi connectivity index (χ1) is 12.1. The van der Waals surface area contributed by atoms with Crippen LogP contribution in [0.5, 0.6) is 0 Å². The van der Waals surface area contributed by atoms with Crippen LogP contribution in [0.2, 0.25) is 0 Å². The lowest BCUT2D eigenvalue weighted by atomic mass is 10.0. The molecule has 0 spiro atoms. The summed E-state index contributed by atoms with van der Waals surface area (Å²) in [7, 11) is -3.62. The Labute approximate surface area is 147 Å². The number of aryl methyl sites for hydroxylation is 1. The first kappa shape index (κ1) is 15.7. The highest BCUT2D eigenvalue weighted by molar-refractivity contribution is 7.90. The molecule has 0 aliphatic carbocycles. The molecule has 3 nitrogen and oxygen atoms in total. The first-order valence-electron chi connectivity index (χ1n) is 8.04. The Kier molecular flexibility index (Phi) is 3.70. The number of rotatable bonds is 3. The van der Waals surface area contributed by atoms with E-state index in [9.17, 15) is 8.42 Å². The molecule has 4 heteroatoms. The van der Waals surface area contributed by atoms with E-state index < -0.39 is 10.0 Å². The van der Waals surface area contributed by atoms with Gasteiger partial charge < -0.3 is 0 Å². The molecular weight excluding hydrogens is 330 g/mol. The minimum atomic E-state index is -3.62. The maximum atomic E-state index is 13.0. The van der Waals surface area contributed by atoms with Gasteiger partial charge in [0.25, 0.3) is 10.0 Å². The third-order valence-electron chi connectivity index (χ3n) is 4.34. The average molecular weight is 347 g/mol. The molecular formula is C21H17NO2S. The van der Waals surface area contributed by atoms with E-state index in [1.54, 1.807) is 18.3 Å². The molecule has 0 N–H and O–H groups in total. The van der Waals surface area contributed by atoms with E-state index in [0.717, 1.165) is 22.1 Å². The third-order valence-corrected chi connectivity index (χ3v) is 6.05. The highest BCUT2D eigenvalue weighted by Crippen LogP contribution is 2.27. The summed E-state index contributed by atoms with van der Waals surface area (Å²) in [6.45, 7) is 1.94. The molecule has 0 amide bonds. The standard InChI is InChI=1S/C21H17NO2S/c1-16-7-11-20(12-8-16)25(23,24)22-14-13-18-9-10-19(15-21(18)22)17-5-3-2-4-6-17/h2-15H,1H3. The van der Waals surface area contributed by atoms with Crippen molar-refractivity contribution in [3.8, 4) is 11.1 Å². The Balaban J connectivity index is 1.89. The first-order valence-corrected chi connectivity index (χ1v) is 9.48. The van der Waals surface area contributed by atoms with E-state index in [2.05, 4.69) is 0 Å². The Morgan fingerprint density at radius 2 is 1.48 bits per heavy atom. The van der Waals surface area contributed by atoms with Crippen molar-refractivity contribution >= 4 is 20.9 Å². The monoisotopic (exact) mass is 347 g/mol. The second-order valence-corrected chi connectivity index (χ2v) is 7.88. The SMILES string of the molecule is Cc1ccc(S(=O)(=O)n2ccc3ccc(-c4ccccc4)cc32)cc1. The molecule has 25 heavy (non-hydrogen) atoms. The molecule has 0 bridgehead atoms. The highest BCUT2D eigenvalue weighted by Gasteiger charge is 2.19. The van der Waals surface area contributed by atoms with Crippen LogP contribution in [0.4, 0.5) is 0 Å². The second kappa shape index (κ2) is 5.90. The van der Waals surface area contributed by atoms with Crippen molar-refractivity contribution in [2.24, 2.45) is 0 Å². The lowest BCUT2D eigenvalue weighted by molar-refractivity contribution is 0.589. The van der Waals surface area contributed by atoms with Crippen LogP contribution in [0.25, 0.3) is 22.0 Å². The summed E-state index contributed by atoms with van der Waals surface area (Å²) in [5.41, 5.74) is 3.77. The lowest BCUT2D eigenvalue weighted by Crippen LogP contribution is -2.11. The molecule has 0 aliphatic heterocycles. The van der Waals surface area contributed by atoms with Gasteiger partial charge in [-0.1, -0.05) is 60.2 Å². The van der Waals surface area contributed by atoms with Gasteiger partial charge in [0.1, 0.15) is 0 Å². The van der Waals surface area contributed by atoms with Crippen LogP contribution < -0.4 is 0 Å². The number of hydrogen-bond donors (Lipinski definition) is 0. The van der Waals surface area contributed by atoms with E-state index in [4.69, 9.17) is 0 Å². The Hall–Kier alpha value is -2.85. The molecule has 1 aromatic heterocycles. The molecule has 4 aromatic rings. The van der Waals surface area contributed by atoms with Crippen LogP contribution in [0.1, 0.15) is 5.56 Å². The Bertz CT molecular complexity index is 1140. The number of hydrogen-bond acceptors (Lipinski definition) is 2. The maximum absolute atomic E-state index is 13.0. The van der Waals surface area contributed by atoms with Crippen LogP contribution >= 0.6 is 0 Å². The molecule has 0 saturated carbocycles. The zero-order valence-corrected chi connectivity index (χ0v) is 14.6. The van der Waals surface area contributed by atoms with Gasteiger partial charge in [-0.3, -0.25) is 0 Å². The lowest BCUT2D eigenvalue weighted by Gasteiger charge is -2.09. The largest absolute Gasteiger partial charge is 0.268 e. The fourth-order valence-electron chi connectivity index (χ4n) is 2.95.